The predicted octanol–water partition coefficient (Wildman–Crippen LogP) is 7.02. The molecule has 1 saturated heterocycles. The molecule has 1 aromatic carbocycles. The topological polar surface area (TPSA) is 216 Å². The van der Waals surface area contributed by atoms with Crippen LogP contribution < -0.4 is 10.5 Å². The van der Waals surface area contributed by atoms with Gasteiger partial charge in [0.2, 0.25) is 0 Å². The van der Waals surface area contributed by atoms with E-state index in [1.165, 1.54) is 100 Å². The number of ether oxygens (including phenoxy) is 3. The molecule has 0 radical (unpaired) electrons. The molecule has 5 N–H and O–H groups in total. The number of aromatic nitrogens is 3. The molecule has 0 aliphatic carbocycles. The number of fused-ring (bicyclic) bond motifs is 1. The van der Waals surface area contributed by atoms with Crippen LogP contribution in [0.15, 0.2) is 41.7 Å². The molecule has 57 heavy (non-hydrogen) atoms. The van der Waals surface area contributed by atoms with Gasteiger partial charge in [-0.3, -0.25) is 14.0 Å². The van der Waals surface area contributed by atoms with Gasteiger partial charge in [-0.1, -0.05) is 96.8 Å². The Bertz CT molecular complexity index is 1760. The molecule has 2 aromatic heterocycles. The lowest BCUT2D eigenvalue weighted by Gasteiger charge is -2.30. The molecule has 1 aliphatic heterocycles. The molecule has 3 aromatic rings. The monoisotopic (exact) mass is 818 g/mol. The summed E-state index contributed by atoms with van der Waals surface area (Å²) in [5.41, 5.74) is 4.75. The quantitative estimate of drug-likeness (QED) is 0.0315. The first-order valence-electron chi connectivity index (χ1n) is 20.1. The molecule has 1 unspecified atom stereocenters. The molecule has 4 rings (SSSR count). The number of unbranched alkanes of at least 4 members (excludes halogenated alkanes) is 14. The molecular formula is C40H60FN6O9P. The second-order valence-corrected chi connectivity index (χ2v) is 16.1. The smallest absolute Gasteiger partial charge is 0.472 e. The van der Waals surface area contributed by atoms with Crippen molar-refractivity contribution in [2.75, 3.05) is 38.7 Å². The van der Waals surface area contributed by atoms with Crippen molar-refractivity contribution >= 4 is 25.9 Å². The van der Waals surface area contributed by atoms with Crippen LogP contribution in [0.25, 0.3) is 5.52 Å². The standard InChI is InChI=1S/C40H60FN6O9P/c1-3-4-5-6-7-8-9-10-11-12-13-14-15-16-17-22-52-25-32(55-31-19-18-30(24-42)33(41)23-31)26-53-57(50,51)54-28-40(27-44-2)38(49)36(48)37(56-40)34-20-21-35-39(43)45-29-46-47(34)35/h18-21,23,29,32,36-38,48-49H,2-17,22,25-28H2,1H3,(H,50,51)(H2,43,45,46)/t32-,36+,37+,38+,40-/m1/s1. The second kappa shape index (κ2) is 23.8. The number of rotatable bonds is 29. The Morgan fingerprint density at radius 2 is 1.67 bits per heavy atom. The average Bonchev–Trinajstić information content (AvgIpc) is 3.73. The number of aliphatic hydroxyl groups excluding tert-OH is 2. The summed E-state index contributed by atoms with van der Waals surface area (Å²) in [6.45, 7) is 4.52. The molecule has 6 atom stereocenters. The third-order valence-electron chi connectivity index (χ3n) is 10.2. The minimum Gasteiger partial charge on any atom is -0.485 e. The maximum Gasteiger partial charge on any atom is 0.472 e. The summed E-state index contributed by atoms with van der Waals surface area (Å²) in [6.07, 6.45) is 14.5. The first-order valence-corrected chi connectivity index (χ1v) is 21.6. The molecule has 1 aliphatic rings. The fraction of sp³-hybridized carbons (Fsp3) is 0.650. The van der Waals surface area contributed by atoms with E-state index in [2.05, 4.69) is 28.7 Å². The number of hydrogen-bond donors (Lipinski definition) is 4. The van der Waals surface area contributed by atoms with Crippen molar-refractivity contribution in [3.8, 4) is 11.8 Å². The Hall–Kier alpha value is -3.52. The number of aliphatic hydroxyl groups is 2. The number of nitrogens with zero attached hydrogens (tertiary/aromatic N) is 5. The highest BCUT2D eigenvalue weighted by atomic mass is 31.2. The van der Waals surface area contributed by atoms with Gasteiger partial charge in [-0.25, -0.2) is 18.5 Å². The molecule has 316 valence electrons. The summed E-state index contributed by atoms with van der Waals surface area (Å²) in [7, 11) is -4.87. The van der Waals surface area contributed by atoms with Gasteiger partial charge in [-0.15, -0.1) is 0 Å². The first kappa shape index (κ1) is 46.2. The number of nitrogens with two attached hydrogens (primary N) is 1. The van der Waals surface area contributed by atoms with Gasteiger partial charge < -0.3 is 35.1 Å². The Balaban J connectivity index is 1.24. The van der Waals surface area contributed by atoms with E-state index in [0.29, 0.717) is 17.8 Å². The highest BCUT2D eigenvalue weighted by Crippen LogP contribution is 2.48. The van der Waals surface area contributed by atoms with Gasteiger partial charge in [-0.05, 0) is 37.4 Å². The highest BCUT2D eigenvalue weighted by Gasteiger charge is 2.56. The number of phosphoric acid groups is 1. The van der Waals surface area contributed by atoms with Gasteiger partial charge in [0, 0.05) is 12.7 Å². The SMILES string of the molecule is C=NC[C@]1(COP(=O)(O)OC[C@@H](COCCCCCCCCCCCCCCCCC)Oc2ccc(C#N)c(F)c2)O[C@@H](c2ccc3c(N)ncnn23)[C@H](O)[C@@H]1O. The summed E-state index contributed by atoms with van der Waals surface area (Å²) in [5.74, 6) is -0.537. The largest absolute Gasteiger partial charge is 0.485 e. The van der Waals surface area contributed by atoms with Crippen molar-refractivity contribution < 1.29 is 47.3 Å². The Kier molecular flexibility index (Phi) is 19.3. The third kappa shape index (κ3) is 14.1. The van der Waals surface area contributed by atoms with Gasteiger partial charge in [0.15, 0.2) is 5.82 Å². The predicted molar refractivity (Wildman–Crippen MR) is 213 cm³/mol. The molecular weight excluding hydrogens is 758 g/mol. The summed E-state index contributed by atoms with van der Waals surface area (Å²) in [6, 6.07) is 8.68. The Morgan fingerprint density at radius 3 is 2.28 bits per heavy atom. The zero-order valence-electron chi connectivity index (χ0n) is 33.1. The minimum absolute atomic E-state index is 0.0560. The van der Waals surface area contributed by atoms with Gasteiger partial charge >= 0.3 is 7.82 Å². The van der Waals surface area contributed by atoms with Crippen LogP contribution in [0.2, 0.25) is 0 Å². The van der Waals surface area contributed by atoms with Crippen molar-refractivity contribution in [3.63, 3.8) is 0 Å². The number of nitriles is 1. The van der Waals surface area contributed by atoms with Crippen molar-refractivity contribution in [1.82, 2.24) is 14.6 Å². The Morgan fingerprint density at radius 1 is 1.02 bits per heavy atom. The van der Waals surface area contributed by atoms with Crippen molar-refractivity contribution in [1.29, 1.82) is 5.26 Å². The summed E-state index contributed by atoms with van der Waals surface area (Å²) in [5, 5.41) is 35.4. The van der Waals surface area contributed by atoms with E-state index in [1.807, 2.05) is 0 Å². The molecule has 17 heteroatoms. The van der Waals surface area contributed by atoms with E-state index in [-0.39, 0.29) is 30.3 Å². The first-order chi connectivity index (χ1) is 27.5. The van der Waals surface area contributed by atoms with Gasteiger partial charge in [0.1, 0.15) is 59.5 Å². The molecule has 1 fully saturated rings. The van der Waals surface area contributed by atoms with Crippen LogP contribution in [-0.4, -0.2) is 93.3 Å². The number of nitrogen functional groups attached to an aromatic ring is 1. The number of benzene rings is 1. The summed E-state index contributed by atoms with van der Waals surface area (Å²) in [4.78, 5) is 18.5. The molecule has 3 heterocycles. The molecule has 0 amide bonds. The summed E-state index contributed by atoms with van der Waals surface area (Å²) >= 11 is 0. The number of anilines is 1. The highest BCUT2D eigenvalue weighted by molar-refractivity contribution is 7.47. The number of halogens is 1. The van der Waals surface area contributed by atoms with Crippen LogP contribution in [-0.2, 0) is 23.1 Å². The number of phosphoric ester groups is 1. The van der Waals surface area contributed by atoms with E-state index in [0.717, 1.165) is 25.3 Å². The molecule has 0 spiro atoms. The van der Waals surface area contributed by atoms with Gasteiger partial charge in [0.25, 0.3) is 0 Å². The lowest BCUT2D eigenvalue weighted by atomic mass is 9.95. The van der Waals surface area contributed by atoms with Crippen molar-refractivity contribution in [2.45, 2.75) is 133 Å². The molecule has 0 saturated carbocycles. The number of aliphatic imine (C=N–C) groups is 1. The minimum atomic E-state index is -4.87. The van der Waals surface area contributed by atoms with E-state index in [9.17, 15) is 24.1 Å². The normalized spacial score (nSPS) is 21.0. The lowest BCUT2D eigenvalue weighted by molar-refractivity contribution is -0.105. The van der Waals surface area contributed by atoms with E-state index in [1.54, 1.807) is 18.2 Å². The maximum absolute atomic E-state index is 14.4. The summed E-state index contributed by atoms with van der Waals surface area (Å²) < 4.78 is 57.4. The van der Waals surface area contributed by atoms with Crippen LogP contribution in [0.5, 0.6) is 5.75 Å². The van der Waals surface area contributed by atoms with Crippen LogP contribution in [0.3, 0.4) is 0 Å². The van der Waals surface area contributed by atoms with E-state index in [4.69, 9.17) is 34.3 Å². The second-order valence-electron chi connectivity index (χ2n) is 14.7. The average molecular weight is 819 g/mol. The zero-order chi connectivity index (χ0) is 41.1. The van der Waals surface area contributed by atoms with E-state index < -0.39 is 56.9 Å². The van der Waals surface area contributed by atoms with Crippen LogP contribution in [0.4, 0.5) is 10.2 Å². The van der Waals surface area contributed by atoms with E-state index >= 15 is 0 Å². The Labute approximate surface area is 335 Å². The molecule has 0 bridgehead atoms. The van der Waals surface area contributed by atoms with Crippen LogP contribution >= 0.6 is 7.82 Å². The van der Waals surface area contributed by atoms with Crippen molar-refractivity contribution in [3.05, 3.63) is 53.7 Å². The zero-order valence-corrected chi connectivity index (χ0v) is 33.9. The fourth-order valence-electron chi connectivity index (χ4n) is 6.94. The van der Waals surface area contributed by atoms with Gasteiger partial charge in [0.05, 0.1) is 37.6 Å². The lowest BCUT2D eigenvalue weighted by Crippen LogP contribution is -2.49. The third-order valence-corrected chi connectivity index (χ3v) is 11.1. The van der Waals surface area contributed by atoms with Crippen LogP contribution in [0, 0.1) is 17.1 Å². The van der Waals surface area contributed by atoms with Crippen LogP contribution in [0.1, 0.15) is 121 Å². The van der Waals surface area contributed by atoms with Gasteiger partial charge in [-0.2, -0.15) is 10.4 Å². The fourth-order valence-corrected chi connectivity index (χ4v) is 7.75. The number of hydrogen-bond acceptors (Lipinski definition) is 13. The maximum atomic E-state index is 14.4. The van der Waals surface area contributed by atoms with Crippen molar-refractivity contribution in [2.24, 2.45) is 4.99 Å². The molecule has 15 nitrogen and oxygen atoms in total.